The van der Waals surface area contributed by atoms with Crippen LogP contribution in [0.15, 0.2) is 30.3 Å². The lowest BCUT2D eigenvalue weighted by Gasteiger charge is -2.21. The molecular weight excluding hydrogens is 332 g/mol. The highest BCUT2D eigenvalue weighted by molar-refractivity contribution is 8.14. The van der Waals surface area contributed by atoms with E-state index in [4.69, 9.17) is 0 Å². The summed E-state index contributed by atoms with van der Waals surface area (Å²) in [4.78, 5) is 40.1. The van der Waals surface area contributed by atoms with Gasteiger partial charge < -0.3 is 4.90 Å². The Balaban J connectivity index is 1.52. The number of likely N-dealkylation sites (tertiary alicyclic amines) is 1. The van der Waals surface area contributed by atoms with Crippen molar-refractivity contribution < 1.29 is 14.4 Å². The molecule has 5 nitrogen and oxygen atoms in total. The number of benzene rings is 1. The van der Waals surface area contributed by atoms with Gasteiger partial charge in [0.2, 0.25) is 5.91 Å². The monoisotopic (exact) mass is 346 g/mol. The van der Waals surface area contributed by atoms with Gasteiger partial charge in [-0.3, -0.25) is 19.3 Å². The highest BCUT2D eigenvalue weighted by atomic mass is 32.2. The largest absolute Gasteiger partial charge is 0.336 e. The molecule has 2 aromatic rings. The molecule has 1 unspecified atom stereocenters. The van der Waals surface area contributed by atoms with E-state index in [0.29, 0.717) is 24.4 Å². The topological polar surface area (TPSA) is 57.7 Å². The van der Waals surface area contributed by atoms with Crippen LogP contribution in [-0.2, 0) is 4.79 Å². The number of thiophene rings is 1. The molecule has 0 spiro atoms. The predicted octanol–water partition coefficient (Wildman–Crippen LogP) is 2.81. The van der Waals surface area contributed by atoms with Crippen molar-refractivity contribution in [3.8, 4) is 0 Å². The first kappa shape index (κ1) is 14.7. The van der Waals surface area contributed by atoms with E-state index in [9.17, 15) is 14.4 Å². The second-order valence-corrected chi connectivity index (χ2v) is 7.67. The number of rotatable bonds is 2. The minimum Gasteiger partial charge on any atom is -0.336 e. The first-order chi connectivity index (χ1) is 11.1. The third-order valence-corrected chi connectivity index (χ3v) is 6.18. The first-order valence-corrected chi connectivity index (χ1v) is 9.20. The van der Waals surface area contributed by atoms with Crippen LogP contribution in [0, 0.1) is 0 Å². The lowest BCUT2D eigenvalue weighted by molar-refractivity contribution is -0.126. The van der Waals surface area contributed by atoms with Gasteiger partial charge in [0.1, 0.15) is 0 Å². The van der Waals surface area contributed by atoms with E-state index < -0.39 is 0 Å². The van der Waals surface area contributed by atoms with E-state index in [1.165, 1.54) is 16.2 Å². The Morgan fingerprint density at radius 3 is 2.78 bits per heavy atom. The van der Waals surface area contributed by atoms with Crippen LogP contribution in [-0.4, -0.2) is 51.7 Å². The zero-order valence-corrected chi connectivity index (χ0v) is 13.9. The third kappa shape index (κ3) is 2.53. The van der Waals surface area contributed by atoms with E-state index in [0.717, 1.165) is 21.8 Å². The van der Waals surface area contributed by atoms with Crippen LogP contribution in [0.25, 0.3) is 10.1 Å². The smallest absolute Gasteiger partial charge is 0.289 e. The molecule has 0 saturated carbocycles. The summed E-state index contributed by atoms with van der Waals surface area (Å²) in [5, 5.41) is 0.883. The summed E-state index contributed by atoms with van der Waals surface area (Å²) in [6.07, 6.45) is 0.661. The third-order valence-electron chi connectivity index (χ3n) is 4.24. The molecule has 0 radical (unpaired) electrons. The SMILES string of the molecule is O=C(c1cc2ccccc2s1)N1CCC(N2C(=O)CSC2=O)C1. The summed E-state index contributed by atoms with van der Waals surface area (Å²) in [6.45, 7) is 1.02. The Morgan fingerprint density at radius 1 is 1.22 bits per heavy atom. The Labute approximate surface area is 141 Å². The van der Waals surface area contributed by atoms with E-state index >= 15 is 0 Å². The number of carbonyl (C=O) groups is 3. The summed E-state index contributed by atoms with van der Waals surface area (Å²) >= 11 is 2.53. The van der Waals surface area contributed by atoms with Gasteiger partial charge in [0.15, 0.2) is 0 Å². The van der Waals surface area contributed by atoms with Crippen molar-refractivity contribution in [1.82, 2.24) is 9.80 Å². The molecule has 1 aromatic heterocycles. The fourth-order valence-corrected chi connectivity index (χ4v) is 4.90. The number of nitrogens with zero attached hydrogens (tertiary/aromatic N) is 2. The van der Waals surface area contributed by atoms with Gasteiger partial charge in [0.25, 0.3) is 11.1 Å². The zero-order valence-electron chi connectivity index (χ0n) is 12.2. The van der Waals surface area contributed by atoms with Crippen molar-refractivity contribution in [2.45, 2.75) is 12.5 Å². The van der Waals surface area contributed by atoms with Crippen molar-refractivity contribution in [2.24, 2.45) is 0 Å². The van der Waals surface area contributed by atoms with Gasteiger partial charge in [-0.1, -0.05) is 30.0 Å². The fraction of sp³-hybridized carbons (Fsp3) is 0.312. The van der Waals surface area contributed by atoms with Gasteiger partial charge in [0, 0.05) is 17.8 Å². The number of hydrogen-bond donors (Lipinski definition) is 0. The van der Waals surface area contributed by atoms with Gasteiger partial charge in [0.05, 0.1) is 16.7 Å². The minimum absolute atomic E-state index is 0.0135. The molecule has 2 saturated heterocycles. The van der Waals surface area contributed by atoms with Crippen LogP contribution in [0.1, 0.15) is 16.1 Å². The van der Waals surface area contributed by atoms with Crippen LogP contribution in [0.4, 0.5) is 4.79 Å². The Kier molecular flexibility index (Phi) is 3.61. The molecular formula is C16H14N2O3S2. The maximum Gasteiger partial charge on any atom is 0.289 e. The average molecular weight is 346 g/mol. The molecule has 0 aliphatic carbocycles. The predicted molar refractivity (Wildman–Crippen MR) is 90.8 cm³/mol. The lowest BCUT2D eigenvalue weighted by Crippen LogP contribution is -2.41. The molecule has 7 heteroatoms. The number of fused-ring (bicyclic) bond motifs is 1. The maximum atomic E-state index is 12.7. The molecule has 1 atom stereocenters. The highest BCUT2D eigenvalue weighted by Gasteiger charge is 2.40. The second kappa shape index (κ2) is 5.65. The van der Waals surface area contributed by atoms with Crippen molar-refractivity contribution in [3.05, 3.63) is 35.2 Å². The molecule has 0 bridgehead atoms. The molecule has 2 fully saturated rings. The van der Waals surface area contributed by atoms with Gasteiger partial charge >= 0.3 is 0 Å². The fourth-order valence-electron chi connectivity index (χ4n) is 3.10. The van der Waals surface area contributed by atoms with Gasteiger partial charge in [-0.05, 0) is 23.9 Å². The van der Waals surface area contributed by atoms with Crippen LogP contribution in [0.2, 0.25) is 0 Å². The number of carbonyl (C=O) groups excluding carboxylic acids is 3. The normalized spacial score (nSPS) is 21.7. The van der Waals surface area contributed by atoms with Gasteiger partial charge in [-0.25, -0.2) is 0 Å². The van der Waals surface area contributed by atoms with Crippen molar-refractivity contribution in [3.63, 3.8) is 0 Å². The Hall–Kier alpha value is -1.86. The van der Waals surface area contributed by atoms with Crippen LogP contribution >= 0.6 is 23.1 Å². The Morgan fingerprint density at radius 2 is 2.04 bits per heavy atom. The average Bonchev–Trinajstić information content (AvgIpc) is 3.25. The molecule has 1 aromatic carbocycles. The summed E-state index contributed by atoms with van der Waals surface area (Å²) in [5.41, 5.74) is 0. The lowest BCUT2D eigenvalue weighted by atomic mass is 10.2. The molecule has 0 N–H and O–H groups in total. The summed E-state index contributed by atoms with van der Waals surface area (Å²) in [5.74, 6) is 0.0705. The molecule has 23 heavy (non-hydrogen) atoms. The Bertz CT molecular complexity index is 768. The number of hydrogen-bond acceptors (Lipinski definition) is 5. The van der Waals surface area contributed by atoms with Crippen molar-refractivity contribution in [1.29, 1.82) is 0 Å². The highest BCUT2D eigenvalue weighted by Crippen LogP contribution is 2.30. The van der Waals surface area contributed by atoms with Gasteiger partial charge in [-0.15, -0.1) is 11.3 Å². The second-order valence-electron chi connectivity index (χ2n) is 5.66. The zero-order chi connectivity index (χ0) is 16.0. The molecule has 3 heterocycles. The van der Waals surface area contributed by atoms with Crippen LogP contribution in [0.5, 0.6) is 0 Å². The van der Waals surface area contributed by atoms with Gasteiger partial charge in [-0.2, -0.15) is 0 Å². The van der Waals surface area contributed by atoms with Crippen molar-refractivity contribution in [2.75, 3.05) is 18.8 Å². The van der Waals surface area contributed by atoms with E-state index in [1.807, 2.05) is 30.3 Å². The summed E-state index contributed by atoms with van der Waals surface area (Å²) < 4.78 is 1.09. The number of amides is 3. The van der Waals surface area contributed by atoms with Crippen LogP contribution < -0.4 is 0 Å². The minimum atomic E-state index is -0.184. The van der Waals surface area contributed by atoms with Crippen LogP contribution in [0.3, 0.4) is 0 Å². The van der Waals surface area contributed by atoms with E-state index in [2.05, 4.69) is 0 Å². The quantitative estimate of drug-likeness (QED) is 0.839. The first-order valence-electron chi connectivity index (χ1n) is 7.40. The summed E-state index contributed by atoms with van der Waals surface area (Å²) in [6, 6.07) is 9.65. The number of imide groups is 1. The molecule has 2 aliphatic rings. The van der Waals surface area contributed by atoms with Crippen molar-refractivity contribution >= 4 is 50.2 Å². The molecule has 4 rings (SSSR count). The summed E-state index contributed by atoms with van der Waals surface area (Å²) in [7, 11) is 0. The maximum absolute atomic E-state index is 12.7. The van der Waals surface area contributed by atoms with E-state index in [1.54, 1.807) is 4.90 Å². The standard InChI is InChI=1S/C16H14N2O3S2/c19-14-9-22-16(21)18(14)11-5-6-17(8-11)15(20)13-7-10-3-1-2-4-12(10)23-13/h1-4,7,11H,5-6,8-9H2. The molecule has 118 valence electrons. The number of thioether (sulfide) groups is 1. The molecule has 2 aliphatic heterocycles. The van der Waals surface area contributed by atoms with E-state index in [-0.39, 0.29) is 28.8 Å². The molecule has 3 amide bonds.